The zero-order chi connectivity index (χ0) is 7.72. The Morgan fingerprint density at radius 2 is 2.10 bits per heavy atom. The van der Waals surface area contributed by atoms with Crippen LogP contribution in [0.25, 0.3) is 0 Å². The minimum Gasteiger partial charge on any atom is -0.339 e. The Hall–Kier alpha value is -1.12. The maximum Gasteiger partial charge on any atom is 0.194 e. The summed E-state index contributed by atoms with van der Waals surface area (Å²) < 4.78 is 0. The van der Waals surface area contributed by atoms with Gasteiger partial charge in [-0.2, -0.15) is 0 Å². The minimum atomic E-state index is -0.0174. The van der Waals surface area contributed by atoms with Gasteiger partial charge in [-0.15, -0.1) is 0 Å². The van der Waals surface area contributed by atoms with Crippen molar-refractivity contribution >= 4 is 5.78 Å². The summed E-state index contributed by atoms with van der Waals surface area (Å²) in [4.78, 5) is 17.6. The van der Waals surface area contributed by atoms with Crippen LogP contribution in [0.4, 0.5) is 0 Å². The number of Topliss-reactive ketones (excluding diaryl/α,β-unsaturated/α-hetero) is 1. The molecule has 0 spiro atoms. The van der Waals surface area contributed by atoms with Gasteiger partial charge >= 0.3 is 0 Å². The van der Waals surface area contributed by atoms with Crippen LogP contribution < -0.4 is 0 Å². The number of hydrogen-bond acceptors (Lipinski definition) is 2. The van der Waals surface area contributed by atoms with Gasteiger partial charge in [0.15, 0.2) is 11.6 Å². The number of aromatic nitrogens is 2. The smallest absolute Gasteiger partial charge is 0.194 e. The second-order valence-electron chi connectivity index (χ2n) is 2.35. The summed E-state index contributed by atoms with van der Waals surface area (Å²) in [5.74, 6) is 0.436. The fourth-order valence-electron chi connectivity index (χ4n) is 0.714. The molecular weight excluding hydrogens is 128 g/mol. The Kier molecular flexibility index (Phi) is 1.57. The van der Waals surface area contributed by atoms with Crippen molar-refractivity contribution in [1.29, 1.82) is 0 Å². The zero-order valence-electron chi connectivity index (χ0n) is 6.36. The highest BCUT2D eigenvalue weighted by molar-refractivity contribution is 5.90. The quantitative estimate of drug-likeness (QED) is 0.593. The van der Waals surface area contributed by atoms with E-state index in [0.29, 0.717) is 5.82 Å². The third kappa shape index (κ3) is 1.07. The van der Waals surface area contributed by atoms with Gasteiger partial charge < -0.3 is 4.98 Å². The highest BCUT2D eigenvalue weighted by Crippen LogP contribution is 2.02. The molecule has 0 saturated heterocycles. The van der Waals surface area contributed by atoms with Crippen molar-refractivity contribution in [3.63, 3.8) is 0 Å². The van der Waals surface area contributed by atoms with Crippen molar-refractivity contribution in [1.82, 2.24) is 9.97 Å². The first-order valence-corrected chi connectivity index (χ1v) is 3.15. The van der Waals surface area contributed by atoms with Crippen LogP contribution in [-0.4, -0.2) is 15.8 Å². The molecule has 1 heterocycles. The van der Waals surface area contributed by atoms with E-state index in [4.69, 9.17) is 0 Å². The van der Waals surface area contributed by atoms with Crippen molar-refractivity contribution in [2.75, 3.05) is 0 Å². The largest absolute Gasteiger partial charge is 0.339 e. The monoisotopic (exact) mass is 138 g/mol. The van der Waals surface area contributed by atoms with Gasteiger partial charge in [-0.25, -0.2) is 4.98 Å². The van der Waals surface area contributed by atoms with E-state index in [0.717, 1.165) is 11.4 Å². The van der Waals surface area contributed by atoms with E-state index in [1.807, 2.05) is 13.8 Å². The van der Waals surface area contributed by atoms with E-state index in [9.17, 15) is 4.79 Å². The zero-order valence-corrected chi connectivity index (χ0v) is 6.36. The third-order valence-corrected chi connectivity index (χ3v) is 1.46. The molecule has 0 fully saturated rings. The molecule has 3 heteroatoms. The molecule has 0 atom stereocenters. The molecule has 1 N–H and O–H groups in total. The minimum absolute atomic E-state index is 0.0174. The van der Waals surface area contributed by atoms with Crippen LogP contribution in [-0.2, 0) is 0 Å². The van der Waals surface area contributed by atoms with Crippen molar-refractivity contribution in [3.8, 4) is 0 Å². The van der Waals surface area contributed by atoms with Crippen LogP contribution in [0.3, 0.4) is 0 Å². The molecule has 0 aliphatic rings. The predicted octanol–water partition coefficient (Wildman–Crippen LogP) is 1.23. The lowest BCUT2D eigenvalue weighted by atomic mass is 10.4. The van der Waals surface area contributed by atoms with Crippen molar-refractivity contribution in [3.05, 3.63) is 17.2 Å². The van der Waals surface area contributed by atoms with Gasteiger partial charge in [0, 0.05) is 12.6 Å². The Balaban J connectivity index is 3.10. The fourth-order valence-corrected chi connectivity index (χ4v) is 0.714. The molecule has 1 aromatic rings. The average molecular weight is 138 g/mol. The summed E-state index contributed by atoms with van der Waals surface area (Å²) in [5, 5.41) is 0. The molecule has 0 aliphatic heterocycles. The molecule has 0 aliphatic carbocycles. The summed E-state index contributed by atoms with van der Waals surface area (Å²) in [5.41, 5.74) is 1.86. The third-order valence-electron chi connectivity index (χ3n) is 1.46. The molecule has 54 valence electrons. The average Bonchev–Trinajstić information content (AvgIpc) is 2.13. The summed E-state index contributed by atoms with van der Waals surface area (Å²) in [6, 6.07) is 0. The van der Waals surface area contributed by atoms with Gasteiger partial charge in [0.2, 0.25) is 0 Å². The van der Waals surface area contributed by atoms with Gasteiger partial charge in [-0.1, -0.05) is 0 Å². The number of nitrogens with zero attached hydrogens (tertiary/aromatic N) is 1. The topological polar surface area (TPSA) is 45.8 Å². The standard InChI is InChI=1S/C7H10N2O/c1-4-5(2)9-7(8-4)6(3)10/h1-3H3,(H,8,9). The number of aromatic amines is 1. The highest BCUT2D eigenvalue weighted by atomic mass is 16.1. The number of carbonyl (C=O) groups excluding carboxylic acids is 1. The second kappa shape index (κ2) is 2.25. The van der Waals surface area contributed by atoms with E-state index in [-0.39, 0.29) is 5.78 Å². The van der Waals surface area contributed by atoms with Gasteiger partial charge in [0.1, 0.15) is 0 Å². The van der Waals surface area contributed by atoms with E-state index in [1.165, 1.54) is 6.92 Å². The predicted molar refractivity (Wildman–Crippen MR) is 38.1 cm³/mol. The molecule has 3 nitrogen and oxygen atoms in total. The Bertz CT molecular complexity index is 243. The molecule has 0 radical (unpaired) electrons. The van der Waals surface area contributed by atoms with Crippen LogP contribution in [0.5, 0.6) is 0 Å². The summed E-state index contributed by atoms with van der Waals surface area (Å²) in [6.45, 7) is 5.27. The maximum absolute atomic E-state index is 10.7. The van der Waals surface area contributed by atoms with E-state index < -0.39 is 0 Å². The van der Waals surface area contributed by atoms with Crippen LogP contribution in [0.2, 0.25) is 0 Å². The lowest BCUT2D eigenvalue weighted by Gasteiger charge is -1.82. The first-order valence-electron chi connectivity index (χ1n) is 3.15. The summed E-state index contributed by atoms with van der Waals surface area (Å²) in [7, 11) is 0. The van der Waals surface area contributed by atoms with Crippen molar-refractivity contribution < 1.29 is 4.79 Å². The Labute approximate surface area is 59.5 Å². The molecule has 1 aromatic heterocycles. The first-order chi connectivity index (χ1) is 4.61. The summed E-state index contributed by atoms with van der Waals surface area (Å²) in [6.07, 6.45) is 0. The molecule has 0 unspecified atom stereocenters. The molecule has 0 amide bonds. The van der Waals surface area contributed by atoms with E-state index >= 15 is 0 Å². The molecule has 0 saturated carbocycles. The number of H-pyrrole nitrogens is 1. The fraction of sp³-hybridized carbons (Fsp3) is 0.429. The lowest BCUT2D eigenvalue weighted by molar-refractivity contribution is 0.100. The van der Waals surface area contributed by atoms with Gasteiger partial charge in [-0.05, 0) is 13.8 Å². The van der Waals surface area contributed by atoms with Crippen LogP contribution in [0.1, 0.15) is 28.9 Å². The van der Waals surface area contributed by atoms with Crippen molar-refractivity contribution in [2.45, 2.75) is 20.8 Å². The number of carbonyl (C=O) groups is 1. The molecule has 0 bridgehead atoms. The summed E-state index contributed by atoms with van der Waals surface area (Å²) >= 11 is 0. The Morgan fingerprint density at radius 1 is 1.50 bits per heavy atom. The molecule has 1 rings (SSSR count). The van der Waals surface area contributed by atoms with E-state index in [2.05, 4.69) is 9.97 Å². The number of hydrogen-bond donors (Lipinski definition) is 1. The maximum atomic E-state index is 10.7. The van der Waals surface area contributed by atoms with Crippen LogP contribution >= 0.6 is 0 Å². The lowest BCUT2D eigenvalue weighted by Crippen LogP contribution is -1.93. The number of nitrogens with one attached hydrogen (secondary N) is 1. The molecule has 0 aromatic carbocycles. The van der Waals surface area contributed by atoms with Crippen LogP contribution in [0.15, 0.2) is 0 Å². The van der Waals surface area contributed by atoms with Crippen molar-refractivity contribution in [2.24, 2.45) is 0 Å². The Morgan fingerprint density at radius 3 is 2.30 bits per heavy atom. The number of aryl methyl sites for hydroxylation is 2. The number of rotatable bonds is 1. The van der Waals surface area contributed by atoms with E-state index in [1.54, 1.807) is 0 Å². The first kappa shape index (κ1) is 6.99. The molecular formula is C7H10N2O. The van der Waals surface area contributed by atoms with Gasteiger partial charge in [-0.3, -0.25) is 4.79 Å². The number of ketones is 1. The van der Waals surface area contributed by atoms with Gasteiger partial charge in [0.05, 0.1) is 5.69 Å². The number of imidazole rings is 1. The van der Waals surface area contributed by atoms with Crippen LogP contribution in [0, 0.1) is 13.8 Å². The molecule has 10 heavy (non-hydrogen) atoms. The van der Waals surface area contributed by atoms with Gasteiger partial charge in [0.25, 0.3) is 0 Å². The normalized spacial score (nSPS) is 9.90. The highest BCUT2D eigenvalue weighted by Gasteiger charge is 2.04. The second-order valence-corrected chi connectivity index (χ2v) is 2.35. The SMILES string of the molecule is CC(=O)c1nc(C)c(C)[nH]1.